The lowest BCUT2D eigenvalue weighted by atomic mass is 10.1. The van der Waals surface area contributed by atoms with E-state index in [2.05, 4.69) is 30.2 Å². The van der Waals surface area contributed by atoms with Crippen LogP contribution in [-0.2, 0) is 0 Å². The van der Waals surface area contributed by atoms with Crippen LogP contribution in [-0.4, -0.2) is 11.5 Å². The lowest BCUT2D eigenvalue weighted by molar-refractivity contribution is 0.627. The highest BCUT2D eigenvalue weighted by molar-refractivity contribution is 5.26. The van der Waals surface area contributed by atoms with Crippen LogP contribution in [0.2, 0.25) is 0 Å². The van der Waals surface area contributed by atoms with Crippen LogP contribution >= 0.6 is 0 Å². The molecule has 1 aliphatic rings. The molecule has 0 spiro atoms. The molecule has 1 atom stereocenters. The molecule has 12 heavy (non-hydrogen) atoms. The minimum absolute atomic E-state index is 0.582. The Morgan fingerprint density at radius 1 is 1.42 bits per heavy atom. The lowest BCUT2D eigenvalue weighted by Gasteiger charge is -2.08. The number of nitrogens with one attached hydrogen (secondary N) is 2. The summed E-state index contributed by atoms with van der Waals surface area (Å²) in [7, 11) is 0. The Balaban J connectivity index is 2.25. The molecule has 2 N–H and O–H groups in total. The minimum Gasteiger partial charge on any atom is -0.361 e. The van der Waals surface area contributed by atoms with Gasteiger partial charge in [-0.05, 0) is 44.9 Å². The summed E-state index contributed by atoms with van der Waals surface area (Å²) in [4.78, 5) is 3.42. The van der Waals surface area contributed by atoms with Crippen molar-refractivity contribution in [2.45, 2.75) is 32.7 Å². The molecule has 0 aromatic carbocycles. The number of H-pyrrole nitrogens is 1. The Kier molecular flexibility index (Phi) is 1.93. The van der Waals surface area contributed by atoms with Gasteiger partial charge in [-0.2, -0.15) is 0 Å². The number of aromatic amines is 1. The molecular formula is C10H16N2. The average molecular weight is 164 g/mol. The molecule has 0 saturated carbocycles. The van der Waals surface area contributed by atoms with Crippen molar-refractivity contribution >= 4 is 0 Å². The van der Waals surface area contributed by atoms with Crippen molar-refractivity contribution in [1.29, 1.82) is 0 Å². The highest BCUT2D eigenvalue weighted by Crippen LogP contribution is 2.25. The number of aryl methyl sites for hydroxylation is 2. The molecule has 0 bridgehead atoms. The molecule has 0 amide bonds. The van der Waals surface area contributed by atoms with Gasteiger partial charge in [-0.25, -0.2) is 0 Å². The van der Waals surface area contributed by atoms with E-state index in [4.69, 9.17) is 0 Å². The fraction of sp³-hybridized carbons (Fsp3) is 0.600. The lowest BCUT2D eigenvalue weighted by Crippen LogP contribution is -2.14. The van der Waals surface area contributed by atoms with Crippen LogP contribution in [0.25, 0.3) is 0 Å². The maximum absolute atomic E-state index is 3.50. The molecule has 2 heteroatoms. The maximum atomic E-state index is 3.50. The van der Waals surface area contributed by atoms with E-state index in [1.807, 2.05) is 0 Å². The van der Waals surface area contributed by atoms with Crippen molar-refractivity contribution in [2.75, 3.05) is 6.54 Å². The van der Waals surface area contributed by atoms with Crippen LogP contribution in [0.15, 0.2) is 6.07 Å². The smallest absolute Gasteiger partial charge is 0.0476 e. The Bertz CT molecular complexity index is 269. The summed E-state index contributed by atoms with van der Waals surface area (Å²) >= 11 is 0. The maximum Gasteiger partial charge on any atom is 0.0476 e. The normalized spacial score (nSPS) is 23.3. The molecule has 0 unspecified atom stereocenters. The third kappa shape index (κ3) is 1.27. The van der Waals surface area contributed by atoms with E-state index in [1.54, 1.807) is 0 Å². The molecule has 1 aromatic rings. The average Bonchev–Trinajstić information content (AvgIpc) is 2.58. The molecule has 1 fully saturated rings. The monoisotopic (exact) mass is 164 g/mol. The summed E-state index contributed by atoms with van der Waals surface area (Å²) in [6.45, 7) is 5.46. The third-order valence-electron chi connectivity index (χ3n) is 2.60. The van der Waals surface area contributed by atoms with Crippen LogP contribution < -0.4 is 5.32 Å². The van der Waals surface area contributed by atoms with Crippen molar-refractivity contribution < 1.29 is 0 Å². The number of rotatable bonds is 1. The van der Waals surface area contributed by atoms with Gasteiger partial charge in [0.15, 0.2) is 0 Å². The van der Waals surface area contributed by atoms with Crippen molar-refractivity contribution in [3.05, 3.63) is 23.0 Å². The highest BCUT2D eigenvalue weighted by Gasteiger charge is 2.18. The number of hydrogen-bond acceptors (Lipinski definition) is 1. The molecule has 2 rings (SSSR count). The molecule has 0 aliphatic carbocycles. The van der Waals surface area contributed by atoms with Gasteiger partial charge in [-0.1, -0.05) is 0 Å². The summed E-state index contributed by atoms with van der Waals surface area (Å²) in [5.74, 6) is 0. The largest absolute Gasteiger partial charge is 0.361 e. The van der Waals surface area contributed by atoms with Crippen LogP contribution in [0.3, 0.4) is 0 Å². The number of hydrogen-bond donors (Lipinski definition) is 2. The first kappa shape index (κ1) is 7.87. The van der Waals surface area contributed by atoms with E-state index in [0.29, 0.717) is 6.04 Å². The van der Waals surface area contributed by atoms with E-state index in [0.717, 1.165) is 0 Å². The second-order valence-corrected chi connectivity index (χ2v) is 3.70. The van der Waals surface area contributed by atoms with Gasteiger partial charge < -0.3 is 10.3 Å². The van der Waals surface area contributed by atoms with Gasteiger partial charge in [0.25, 0.3) is 0 Å². The van der Waals surface area contributed by atoms with E-state index in [-0.39, 0.29) is 0 Å². The summed E-state index contributed by atoms with van der Waals surface area (Å²) in [5, 5.41) is 3.50. The number of aromatic nitrogens is 1. The predicted octanol–water partition coefficient (Wildman–Crippen LogP) is 2.06. The van der Waals surface area contributed by atoms with Crippen LogP contribution in [0.5, 0.6) is 0 Å². The quantitative estimate of drug-likeness (QED) is 0.653. The molecule has 66 valence electrons. The van der Waals surface area contributed by atoms with E-state index < -0.39 is 0 Å². The molecular weight excluding hydrogens is 148 g/mol. The first-order valence-corrected chi connectivity index (χ1v) is 4.67. The van der Waals surface area contributed by atoms with Crippen LogP contribution in [0, 0.1) is 13.8 Å². The van der Waals surface area contributed by atoms with E-state index in [9.17, 15) is 0 Å². The zero-order valence-electron chi connectivity index (χ0n) is 7.78. The van der Waals surface area contributed by atoms with Gasteiger partial charge in [-0.3, -0.25) is 0 Å². The highest BCUT2D eigenvalue weighted by atomic mass is 15.0. The zero-order chi connectivity index (χ0) is 8.55. The van der Waals surface area contributed by atoms with Crippen molar-refractivity contribution in [1.82, 2.24) is 10.3 Å². The molecule has 2 heterocycles. The summed E-state index contributed by atoms with van der Waals surface area (Å²) in [5.41, 5.74) is 4.06. The SMILES string of the molecule is Cc1cc(C)c([C@H]2CCCN2)[nH]1. The fourth-order valence-electron chi connectivity index (χ4n) is 2.04. The predicted molar refractivity (Wildman–Crippen MR) is 50.2 cm³/mol. The van der Waals surface area contributed by atoms with Gasteiger partial charge in [0, 0.05) is 17.4 Å². The molecule has 0 radical (unpaired) electrons. The summed E-state index contributed by atoms with van der Waals surface area (Å²) < 4.78 is 0. The van der Waals surface area contributed by atoms with Gasteiger partial charge in [0.05, 0.1) is 0 Å². The van der Waals surface area contributed by atoms with Gasteiger partial charge in [-0.15, -0.1) is 0 Å². The second-order valence-electron chi connectivity index (χ2n) is 3.70. The van der Waals surface area contributed by atoms with Crippen LogP contribution in [0.4, 0.5) is 0 Å². The first-order valence-electron chi connectivity index (χ1n) is 4.67. The standard InChI is InChI=1S/C10H16N2/c1-7-6-8(2)12-10(7)9-4-3-5-11-9/h6,9,11-12H,3-5H2,1-2H3/t9-/m1/s1. The van der Waals surface area contributed by atoms with Gasteiger partial charge >= 0.3 is 0 Å². The Morgan fingerprint density at radius 3 is 2.75 bits per heavy atom. The topological polar surface area (TPSA) is 27.8 Å². The summed E-state index contributed by atoms with van der Waals surface area (Å²) in [6, 6.07) is 2.80. The van der Waals surface area contributed by atoms with Gasteiger partial charge in [0.1, 0.15) is 0 Å². The Labute approximate surface area is 73.4 Å². The van der Waals surface area contributed by atoms with E-state index >= 15 is 0 Å². The second kappa shape index (κ2) is 2.94. The summed E-state index contributed by atoms with van der Waals surface area (Å²) in [6.07, 6.45) is 2.59. The molecule has 1 aromatic heterocycles. The zero-order valence-corrected chi connectivity index (χ0v) is 7.78. The Hall–Kier alpha value is -0.760. The van der Waals surface area contributed by atoms with Crippen LogP contribution in [0.1, 0.15) is 35.8 Å². The van der Waals surface area contributed by atoms with Gasteiger partial charge in [0.2, 0.25) is 0 Å². The van der Waals surface area contributed by atoms with Crippen molar-refractivity contribution in [3.63, 3.8) is 0 Å². The molecule has 2 nitrogen and oxygen atoms in total. The van der Waals surface area contributed by atoms with Crippen molar-refractivity contribution in [2.24, 2.45) is 0 Å². The van der Waals surface area contributed by atoms with Crippen molar-refractivity contribution in [3.8, 4) is 0 Å². The minimum atomic E-state index is 0.582. The first-order chi connectivity index (χ1) is 5.77. The Morgan fingerprint density at radius 2 is 2.25 bits per heavy atom. The molecule has 1 saturated heterocycles. The van der Waals surface area contributed by atoms with E-state index in [1.165, 1.54) is 36.3 Å². The third-order valence-corrected chi connectivity index (χ3v) is 2.60. The molecule has 1 aliphatic heterocycles. The fourth-order valence-corrected chi connectivity index (χ4v) is 2.04.